The number of hydrogen-bond acceptors (Lipinski definition) is 2. The van der Waals surface area contributed by atoms with Crippen LogP contribution in [0.2, 0.25) is 0 Å². The Kier molecular flexibility index (Phi) is 5.61. The summed E-state index contributed by atoms with van der Waals surface area (Å²) in [5.74, 6) is -0.771. The number of hydrogen-bond donors (Lipinski definition) is 0. The van der Waals surface area contributed by atoms with Crippen molar-refractivity contribution in [3.05, 3.63) is 71.8 Å². The molecule has 0 radical (unpaired) electrons. The van der Waals surface area contributed by atoms with Crippen LogP contribution in [0, 0.1) is 0 Å². The summed E-state index contributed by atoms with van der Waals surface area (Å²) in [6, 6.07) is 18.4. The summed E-state index contributed by atoms with van der Waals surface area (Å²) >= 11 is 13.5. The van der Waals surface area contributed by atoms with E-state index in [1.807, 2.05) is 36.4 Å². The Morgan fingerprint density at radius 1 is 0.960 bits per heavy atom. The molecule has 0 aromatic heterocycles. The quantitative estimate of drug-likeness (QED) is 0.519. The third-order valence-electron chi connectivity index (χ3n) is 4.91. The number of alkyl halides is 2. The van der Waals surface area contributed by atoms with Crippen molar-refractivity contribution < 1.29 is 9.59 Å². The maximum Gasteiger partial charge on any atom is 0.181 e. The molecule has 3 rings (SSSR count). The predicted molar refractivity (Wildman–Crippen MR) is 102 cm³/mol. The average molecular weight is 375 g/mol. The molecule has 0 saturated heterocycles. The highest BCUT2D eigenvalue weighted by Gasteiger charge is 2.50. The van der Waals surface area contributed by atoms with Gasteiger partial charge in [-0.1, -0.05) is 67.1 Å². The minimum Gasteiger partial charge on any atom is -0.298 e. The van der Waals surface area contributed by atoms with Gasteiger partial charge in [0, 0.05) is 17.9 Å². The van der Waals surface area contributed by atoms with Crippen molar-refractivity contribution in [2.75, 3.05) is 0 Å². The number of carbonyl (C=O) groups is 2. The summed E-state index contributed by atoms with van der Waals surface area (Å²) in [6.45, 7) is 0. The van der Waals surface area contributed by atoms with Gasteiger partial charge in [0.15, 0.2) is 11.6 Å². The summed E-state index contributed by atoms with van der Waals surface area (Å²) in [7, 11) is 0. The molecule has 0 N–H and O–H groups in total. The van der Waals surface area contributed by atoms with Crippen LogP contribution in [0.5, 0.6) is 0 Å². The largest absolute Gasteiger partial charge is 0.298 e. The first-order valence-electron chi connectivity index (χ1n) is 8.54. The zero-order valence-corrected chi connectivity index (χ0v) is 15.3. The molecule has 2 aromatic carbocycles. The molecule has 1 fully saturated rings. The number of ketones is 2. The first-order chi connectivity index (χ1) is 12.0. The van der Waals surface area contributed by atoms with Gasteiger partial charge >= 0.3 is 0 Å². The topological polar surface area (TPSA) is 34.1 Å². The molecule has 0 aliphatic heterocycles. The third-order valence-corrected chi connectivity index (χ3v) is 6.00. The van der Waals surface area contributed by atoms with Crippen molar-refractivity contribution in [1.29, 1.82) is 0 Å². The van der Waals surface area contributed by atoms with Crippen LogP contribution in [0.3, 0.4) is 0 Å². The van der Waals surface area contributed by atoms with Gasteiger partial charge in [-0.25, -0.2) is 0 Å². The van der Waals surface area contributed by atoms with Crippen LogP contribution >= 0.6 is 23.2 Å². The highest BCUT2D eigenvalue weighted by atomic mass is 35.5. The standard InChI is InChI=1S/C21H20Cl2O2/c22-19(20(25)16-11-5-2-6-12-16)18(15-9-3-1-4-10-15)21(23)14-8-7-13-17(21)24/h1-6,9-12,18-19H,7-8,13-14H2/t18-,19+,21+/m0/s1. The first kappa shape index (κ1) is 18.2. The van der Waals surface area contributed by atoms with Crippen LogP contribution in [0.1, 0.15) is 47.5 Å². The molecular weight excluding hydrogens is 355 g/mol. The Bertz CT molecular complexity index is 745. The van der Waals surface area contributed by atoms with Crippen molar-refractivity contribution in [3.63, 3.8) is 0 Å². The fraction of sp³-hybridized carbons (Fsp3) is 0.333. The smallest absolute Gasteiger partial charge is 0.181 e. The van der Waals surface area contributed by atoms with E-state index in [1.165, 1.54) is 0 Å². The normalized spacial score (nSPS) is 23.0. The number of carbonyl (C=O) groups excluding carboxylic acids is 2. The first-order valence-corrected chi connectivity index (χ1v) is 9.36. The van der Waals surface area contributed by atoms with E-state index in [-0.39, 0.29) is 11.6 Å². The van der Waals surface area contributed by atoms with Crippen molar-refractivity contribution >= 4 is 34.8 Å². The number of Topliss-reactive ketones (excluding diaryl/α,β-unsaturated/α-hetero) is 2. The van der Waals surface area contributed by atoms with Gasteiger partial charge in [0.05, 0.1) is 0 Å². The van der Waals surface area contributed by atoms with Crippen LogP contribution in [-0.4, -0.2) is 21.8 Å². The van der Waals surface area contributed by atoms with Gasteiger partial charge < -0.3 is 0 Å². The van der Waals surface area contributed by atoms with E-state index in [9.17, 15) is 9.59 Å². The fourth-order valence-corrected chi connectivity index (χ4v) is 4.61. The highest BCUT2D eigenvalue weighted by molar-refractivity contribution is 6.40. The minimum atomic E-state index is -1.13. The Hall–Kier alpha value is -1.64. The van der Waals surface area contributed by atoms with Gasteiger partial charge in [-0.05, 0) is 18.4 Å². The Labute approximate surface area is 158 Å². The lowest BCUT2D eigenvalue weighted by Crippen LogP contribution is -2.46. The number of rotatable bonds is 5. The summed E-state index contributed by atoms with van der Waals surface area (Å²) in [6.07, 6.45) is 2.68. The molecule has 0 amide bonds. The van der Waals surface area contributed by atoms with Gasteiger partial charge in [0.1, 0.15) is 10.3 Å². The van der Waals surface area contributed by atoms with E-state index in [0.29, 0.717) is 18.4 Å². The van der Waals surface area contributed by atoms with Crippen molar-refractivity contribution in [2.24, 2.45) is 0 Å². The Morgan fingerprint density at radius 2 is 1.56 bits per heavy atom. The van der Waals surface area contributed by atoms with E-state index in [4.69, 9.17) is 23.2 Å². The SMILES string of the molecule is O=C(c1ccccc1)[C@H](Cl)[C@H](c1ccccc1)[C@@]1(Cl)CCCCC1=O. The van der Waals surface area contributed by atoms with Crippen molar-refractivity contribution in [2.45, 2.75) is 41.9 Å². The summed E-state index contributed by atoms with van der Waals surface area (Å²) in [4.78, 5) is 24.5. The molecule has 3 atom stereocenters. The molecule has 1 aliphatic carbocycles. The van der Waals surface area contributed by atoms with E-state index < -0.39 is 16.2 Å². The predicted octanol–water partition coefficient (Wildman–Crippen LogP) is 5.38. The number of halogens is 2. The van der Waals surface area contributed by atoms with Gasteiger partial charge in [0.25, 0.3) is 0 Å². The van der Waals surface area contributed by atoms with E-state index in [2.05, 4.69) is 0 Å². The van der Waals surface area contributed by atoms with Gasteiger partial charge in [-0.2, -0.15) is 0 Å². The monoisotopic (exact) mass is 374 g/mol. The summed E-state index contributed by atoms with van der Waals surface area (Å²) in [5.41, 5.74) is 1.36. The molecule has 1 saturated carbocycles. The van der Waals surface area contributed by atoms with Crippen molar-refractivity contribution in [1.82, 2.24) is 0 Å². The molecule has 0 bridgehead atoms. The molecular formula is C21H20Cl2O2. The van der Waals surface area contributed by atoms with Gasteiger partial charge in [-0.3, -0.25) is 9.59 Å². The highest BCUT2D eigenvalue weighted by Crippen LogP contribution is 2.46. The second kappa shape index (κ2) is 7.72. The molecule has 1 aliphatic rings. The zero-order chi connectivity index (χ0) is 17.9. The van der Waals surface area contributed by atoms with E-state index in [0.717, 1.165) is 18.4 Å². The maximum absolute atomic E-state index is 12.9. The molecule has 0 heterocycles. The molecule has 2 nitrogen and oxygen atoms in total. The van der Waals surface area contributed by atoms with Crippen molar-refractivity contribution in [3.8, 4) is 0 Å². The molecule has 0 spiro atoms. The van der Waals surface area contributed by atoms with E-state index in [1.54, 1.807) is 24.3 Å². The fourth-order valence-electron chi connectivity index (χ4n) is 3.58. The molecule has 130 valence electrons. The van der Waals surface area contributed by atoms with Crippen LogP contribution < -0.4 is 0 Å². The second-order valence-corrected chi connectivity index (χ2v) is 7.66. The van der Waals surface area contributed by atoms with Crippen LogP contribution in [0.15, 0.2) is 60.7 Å². The van der Waals surface area contributed by atoms with Crippen LogP contribution in [-0.2, 0) is 4.79 Å². The molecule has 4 heteroatoms. The lowest BCUT2D eigenvalue weighted by Gasteiger charge is -2.39. The minimum absolute atomic E-state index is 0.0132. The third kappa shape index (κ3) is 3.65. The molecule has 25 heavy (non-hydrogen) atoms. The van der Waals surface area contributed by atoms with Gasteiger partial charge in [0.2, 0.25) is 0 Å². The van der Waals surface area contributed by atoms with Crippen LogP contribution in [0.4, 0.5) is 0 Å². The average Bonchev–Trinajstić information content (AvgIpc) is 2.65. The Morgan fingerprint density at radius 3 is 2.16 bits per heavy atom. The van der Waals surface area contributed by atoms with Crippen LogP contribution in [0.25, 0.3) is 0 Å². The lowest BCUT2D eigenvalue weighted by molar-refractivity contribution is -0.123. The summed E-state index contributed by atoms with van der Waals surface area (Å²) < 4.78 is 0. The zero-order valence-electron chi connectivity index (χ0n) is 13.8. The molecule has 0 unspecified atom stereocenters. The van der Waals surface area contributed by atoms with E-state index >= 15 is 0 Å². The number of benzene rings is 2. The molecule has 2 aromatic rings. The maximum atomic E-state index is 12.9. The Balaban J connectivity index is 2.02. The lowest BCUT2D eigenvalue weighted by atomic mass is 9.72. The summed E-state index contributed by atoms with van der Waals surface area (Å²) in [5, 5.41) is -0.899. The second-order valence-electron chi connectivity index (χ2n) is 6.51. The van der Waals surface area contributed by atoms with Gasteiger partial charge in [-0.15, -0.1) is 23.2 Å².